The first kappa shape index (κ1) is 12.6. The summed E-state index contributed by atoms with van der Waals surface area (Å²) < 4.78 is 0. The molecule has 2 N–H and O–H groups in total. The highest BCUT2D eigenvalue weighted by molar-refractivity contribution is 7.09. The second kappa shape index (κ2) is 5.58. The molecule has 4 heteroatoms. The molecule has 15 heavy (non-hydrogen) atoms. The summed E-state index contributed by atoms with van der Waals surface area (Å²) in [4.78, 5) is 4.16. The minimum Gasteiger partial charge on any atom is -0.390 e. The van der Waals surface area contributed by atoms with Crippen LogP contribution < -0.4 is 0 Å². The molecule has 1 aromatic heterocycles. The van der Waals surface area contributed by atoms with Crippen LogP contribution in [0.25, 0.3) is 0 Å². The molecule has 1 heterocycles. The van der Waals surface area contributed by atoms with Crippen molar-refractivity contribution in [3.8, 4) is 0 Å². The molecule has 86 valence electrons. The van der Waals surface area contributed by atoms with Crippen molar-refractivity contribution in [2.45, 2.75) is 39.9 Å². The summed E-state index contributed by atoms with van der Waals surface area (Å²) in [6.45, 7) is 6.38. The van der Waals surface area contributed by atoms with E-state index in [9.17, 15) is 5.11 Å². The van der Waals surface area contributed by atoms with Crippen LogP contribution in [0.3, 0.4) is 0 Å². The first-order valence-corrected chi connectivity index (χ1v) is 6.15. The molecule has 0 aliphatic carbocycles. The third-order valence-electron chi connectivity index (χ3n) is 2.75. The Bertz CT molecular complexity index is 299. The molecule has 2 atom stereocenters. The van der Waals surface area contributed by atoms with Crippen LogP contribution in [-0.2, 0) is 6.61 Å². The van der Waals surface area contributed by atoms with E-state index in [2.05, 4.69) is 25.8 Å². The lowest BCUT2D eigenvalue weighted by atomic mass is 9.92. The van der Waals surface area contributed by atoms with E-state index in [0.29, 0.717) is 22.5 Å². The normalized spacial score (nSPS) is 15.6. The van der Waals surface area contributed by atoms with Gasteiger partial charge in [-0.2, -0.15) is 0 Å². The molecule has 3 nitrogen and oxygen atoms in total. The summed E-state index contributed by atoms with van der Waals surface area (Å²) in [5, 5.41) is 21.3. The topological polar surface area (TPSA) is 53.4 Å². The lowest BCUT2D eigenvalue weighted by Gasteiger charge is -2.17. The molecule has 0 aliphatic heterocycles. The van der Waals surface area contributed by atoms with Gasteiger partial charge < -0.3 is 10.2 Å². The number of thiazole rings is 1. The van der Waals surface area contributed by atoms with Crippen LogP contribution in [0.1, 0.15) is 44.0 Å². The molecule has 0 saturated carbocycles. The maximum atomic E-state index is 9.91. The standard InChI is InChI=1S/C11H19NO2S/c1-7(2)8(3)4-10(14)11-12-9(5-13)6-15-11/h6-8,10,13-14H,4-5H2,1-3H3/t8-,10-/m1/s1. The van der Waals surface area contributed by atoms with Crippen molar-refractivity contribution in [3.05, 3.63) is 16.1 Å². The largest absolute Gasteiger partial charge is 0.390 e. The Hall–Kier alpha value is -0.450. The molecular formula is C11H19NO2S. The molecule has 1 rings (SSSR count). The van der Waals surface area contributed by atoms with Gasteiger partial charge in [-0.1, -0.05) is 20.8 Å². The SMILES string of the molecule is CC(C)[C@H](C)C[C@@H](O)c1nc(CO)cs1. The second-order valence-corrected chi connectivity index (χ2v) is 5.20. The Labute approximate surface area is 94.8 Å². The average Bonchev–Trinajstić information content (AvgIpc) is 2.65. The zero-order valence-electron chi connectivity index (χ0n) is 9.47. The van der Waals surface area contributed by atoms with Crippen LogP contribution >= 0.6 is 11.3 Å². The minimum atomic E-state index is -0.493. The van der Waals surface area contributed by atoms with E-state index in [-0.39, 0.29) is 6.61 Å². The van der Waals surface area contributed by atoms with Gasteiger partial charge in [0, 0.05) is 5.38 Å². The number of hydrogen-bond donors (Lipinski definition) is 2. The van der Waals surface area contributed by atoms with Gasteiger partial charge in [0.25, 0.3) is 0 Å². The number of aromatic nitrogens is 1. The molecule has 0 amide bonds. The maximum absolute atomic E-state index is 9.91. The number of rotatable bonds is 5. The number of hydrogen-bond acceptors (Lipinski definition) is 4. The minimum absolute atomic E-state index is 0.0526. The molecule has 0 unspecified atom stereocenters. The lowest BCUT2D eigenvalue weighted by Crippen LogP contribution is -2.09. The van der Waals surface area contributed by atoms with Gasteiger partial charge in [-0.15, -0.1) is 11.3 Å². The van der Waals surface area contributed by atoms with E-state index < -0.39 is 6.10 Å². The molecule has 0 saturated heterocycles. The highest BCUT2D eigenvalue weighted by Crippen LogP contribution is 2.27. The van der Waals surface area contributed by atoms with Crippen molar-refractivity contribution in [3.63, 3.8) is 0 Å². The first-order valence-electron chi connectivity index (χ1n) is 5.27. The number of aliphatic hydroxyl groups is 2. The zero-order chi connectivity index (χ0) is 11.4. The third-order valence-corrected chi connectivity index (χ3v) is 3.74. The van der Waals surface area contributed by atoms with Gasteiger partial charge in [-0.25, -0.2) is 4.98 Å². The molecular weight excluding hydrogens is 210 g/mol. The maximum Gasteiger partial charge on any atom is 0.122 e. The van der Waals surface area contributed by atoms with E-state index in [4.69, 9.17) is 5.11 Å². The first-order chi connectivity index (χ1) is 7.04. The molecule has 0 radical (unpaired) electrons. The van der Waals surface area contributed by atoms with Crippen LogP contribution in [0.5, 0.6) is 0 Å². The Morgan fingerprint density at radius 3 is 2.53 bits per heavy atom. The fraction of sp³-hybridized carbons (Fsp3) is 0.727. The van der Waals surface area contributed by atoms with Gasteiger partial charge in [0.05, 0.1) is 12.3 Å². The Kier molecular flexibility index (Phi) is 4.70. The summed E-state index contributed by atoms with van der Waals surface area (Å²) in [7, 11) is 0. The van der Waals surface area contributed by atoms with E-state index in [1.807, 2.05) is 0 Å². The van der Waals surface area contributed by atoms with E-state index in [1.54, 1.807) is 5.38 Å². The summed E-state index contributed by atoms with van der Waals surface area (Å²) in [5.74, 6) is 1.04. The Balaban J connectivity index is 2.56. The zero-order valence-corrected chi connectivity index (χ0v) is 10.3. The fourth-order valence-electron chi connectivity index (χ4n) is 1.27. The average molecular weight is 229 g/mol. The van der Waals surface area contributed by atoms with Crippen molar-refractivity contribution in [1.29, 1.82) is 0 Å². The number of nitrogens with zero attached hydrogens (tertiary/aromatic N) is 1. The summed E-state index contributed by atoms with van der Waals surface area (Å²) in [6, 6.07) is 0. The Morgan fingerprint density at radius 1 is 1.40 bits per heavy atom. The smallest absolute Gasteiger partial charge is 0.122 e. The van der Waals surface area contributed by atoms with Crippen LogP contribution in [-0.4, -0.2) is 15.2 Å². The summed E-state index contributed by atoms with van der Waals surface area (Å²) >= 11 is 1.41. The highest BCUT2D eigenvalue weighted by Gasteiger charge is 2.17. The lowest BCUT2D eigenvalue weighted by molar-refractivity contribution is 0.135. The fourth-order valence-corrected chi connectivity index (χ4v) is 2.08. The van der Waals surface area contributed by atoms with Gasteiger partial charge >= 0.3 is 0 Å². The molecule has 0 aliphatic rings. The molecule has 0 fully saturated rings. The van der Waals surface area contributed by atoms with Gasteiger partial charge in [0.2, 0.25) is 0 Å². The van der Waals surface area contributed by atoms with Crippen molar-refractivity contribution in [2.24, 2.45) is 11.8 Å². The van der Waals surface area contributed by atoms with Crippen LogP contribution in [0.2, 0.25) is 0 Å². The van der Waals surface area contributed by atoms with Crippen LogP contribution in [0, 0.1) is 11.8 Å². The van der Waals surface area contributed by atoms with E-state index in [1.165, 1.54) is 11.3 Å². The molecule has 0 spiro atoms. The summed E-state index contributed by atoms with van der Waals surface area (Å²) in [6.07, 6.45) is 0.239. The molecule has 0 bridgehead atoms. The van der Waals surface area contributed by atoms with Crippen molar-refractivity contribution in [2.75, 3.05) is 0 Å². The van der Waals surface area contributed by atoms with Crippen molar-refractivity contribution < 1.29 is 10.2 Å². The van der Waals surface area contributed by atoms with E-state index >= 15 is 0 Å². The highest BCUT2D eigenvalue weighted by atomic mass is 32.1. The monoisotopic (exact) mass is 229 g/mol. The van der Waals surface area contributed by atoms with Gasteiger partial charge in [0.1, 0.15) is 11.1 Å². The van der Waals surface area contributed by atoms with Crippen LogP contribution in [0.15, 0.2) is 5.38 Å². The summed E-state index contributed by atoms with van der Waals surface area (Å²) in [5.41, 5.74) is 0.645. The predicted molar refractivity (Wildman–Crippen MR) is 61.6 cm³/mol. The third kappa shape index (κ3) is 3.55. The van der Waals surface area contributed by atoms with Gasteiger partial charge in [-0.05, 0) is 18.3 Å². The van der Waals surface area contributed by atoms with Crippen molar-refractivity contribution >= 4 is 11.3 Å². The Morgan fingerprint density at radius 2 is 2.07 bits per heavy atom. The number of aliphatic hydroxyl groups excluding tert-OH is 2. The van der Waals surface area contributed by atoms with Gasteiger partial charge in [0.15, 0.2) is 0 Å². The van der Waals surface area contributed by atoms with Crippen LogP contribution in [0.4, 0.5) is 0 Å². The quantitative estimate of drug-likeness (QED) is 0.815. The van der Waals surface area contributed by atoms with Gasteiger partial charge in [-0.3, -0.25) is 0 Å². The molecule has 1 aromatic rings. The van der Waals surface area contributed by atoms with E-state index in [0.717, 1.165) is 6.42 Å². The van der Waals surface area contributed by atoms with Crippen molar-refractivity contribution in [1.82, 2.24) is 4.98 Å². The second-order valence-electron chi connectivity index (χ2n) is 4.31. The molecule has 0 aromatic carbocycles. The predicted octanol–water partition coefficient (Wildman–Crippen LogP) is 2.35.